The summed E-state index contributed by atoms with van der Waals surface area (Å²) < 4.78 is 11.9. The standard InChI is InChI=1S/C17H18N4O4S2/c1-9-7-12(16(23)24-4)15(27-9)18-13(22)8-26-17-20-19-14(21(17)3)11-5-6-25-10(11)2/h5-7H,8H2,1-4H3,(H,18,22). The molecule has 1 N–H and O–H groups in total. The van der Waals surface area contributed by atoms with Gasteiger partial charge < -0.3 is 19.0 Å². The lowest BCUT2D eigenvalue weighted by atomic mass is 10.2. The van der Waals surface area contributed by atoms with Crippen LogP contribution in [0, 0.1) is 13.8 Å². The molecular weight excluding hydrogens is 388 g/mol. The Labute approximate surface area is 163 Å². The summed E-state index contributed by atoms with van der Waals surface area (Å²) in [5, 5.41) is 12.2. The van der Waals surface area contributed by atoms with Crippen LogP contribution in [-0.2, 0) is 16.6 Å². The van der Waals surface area contributed by atoms with Crippen LogP contribution in [0.1, 0.15) is 21.0 Å². The second-order valence-electron chi connectivity index (χ2n) is 5.68. The molecule has 0 saturated carbocycles. The molecule has 8 nitrogen and oxygen atoms in total. The van der Waals surface area contributed by atoms with E-state index in [9.17, 15) is 9.59 Å². The van der Waals surface area contributed by atoms with Crippen LogP contribution < -0.4 is 5.32 Å². The zero-order valence-electron chi connectivity index (χ0n) is 15.2. The average Bonchev–Trinajstić information content (AvgIpc) is 3.31. The molecule has 3 rings (SSSR count). The van der Waals surface area contributed by atoms with Crippen LogP contribution in [-0.4, -0.2) is 39.5 Å². The van der Waals surface area contributed by atoms with Crippen LogP contribution >= 0.6 is 23.1 Å². The van der Waals surface area contributed by atoms with E-state index in [1.54, 1.807) is 12.3 Å². The van der Waals surface area contributed by atoms with E-state index >= 15 is 0 Å². The predicted octanol–water partition coefficient (Wildman–Crippen LogP) is 3.27. The number of aromatic nitrogens is 3. The van der Waals surface area contributed by atoms with Gasteiger partial charge in [0.05, 0.1) is 30.3 Å². The number of nitrogens with zero attached hydrogens (tertiary/aromatic N) is 3. The predicted molar refractivity (Wildman–Crippen MR) is 103 cm³/mol. The number of aryl methyl sites for hydroxylation is 2. The highest BCUT2D eigenvalue weighted by atomic mass is 32.2. The van der Waals surface area contributed by atoms with E-state index in [1.807, 2.05) is 31.5 Å². The number of methoxy groups -OCH3 is 1. The summed E-state index contributed by atoms with van der Waals surface area (Å²) in [7, 11) is 3.14. The van der Waals surface area contributed by atoms with Gasteiger partial charge in [0, 0.05) is 11.9 Å². The summed E-state index contributed by atoms with van der Waals surface area (Å²) in [6, 6.07) is 3.52. The molecule has 0 unspecified atom stereocenters. The molecule has 0 radical (unpaired) electrons. The van der Waals surface area contributed by atoms with Gasteiger partial charge in [-0.15, -0.1) is 21.5 Å². The molecule has 10 heteroatoms. The van der Waals surface area contributed by atoms with Crippen molar-refractivity contribution < 1.29 is 18.7 Å². The number of esters is 1. The molecule has 0 saturated heterocycles. The Bertz CT molecular complexity index is 989. The molecule has 0 spiro atoms. The second kappa shape index (κ2) is 7.97. The van der Waals surface area contributed by atoms with Gasteiger partial charge in [-0.1, -0.05) is 11.8 Å². The number of thioether (sulfide) groups is 1. The van der Waals surface area contributed by atoms with Gasteiger partial charge in [-0.05, 0) is 26.0 Å². The first-order valence-electron chi connectivity index (χ1n) is 7.96. The topological polar surface area (TPSA) is 99.2 Å². The molecule has 3 aromatic rings. The molecule has 3 aromatic heterocycles. The number of anilines is 1. The van der Waals surface area contributed by atoms with Crippen LogP contribution in [0.5, 0.6) is 0 Å². The molecule has 0 aliphatic carbocycles. The van der Waals surface area contributed by atoms with E-state index in [0.717, 1.165) is 16.2 Å². The molecule has 0 aromatic carbocycles. The smallest absolute Gasteiger partial charge is 0.340 e. The molecule has 27 heavy (non-hydrogen) atoms. The number of nitrogens with one attached hydrogen (secondary N) is 1. The van der Waals surface area contributed by atoms with Crippen molar-refractivity contribution in [2.75, 3.05) is 18.2 Å². The molecule has 3 heterocycles. The molecule has 0 bridgehead atoms. The molecule has 1 amide bonds. The lowest BCUT2D eigenvalue weighted by Crippen LogP contribution is -2.16. The molecule has 0 atom stereocenters. The molecule has 0 aliphatic rings. The first kappa shape index (κ1) is 19.2. The highest BCUT2D eigenvalue weighted by Gasteiger charge is 2.19. The third-order valence-electron chi connectivity index (χ3n) is 3.78. The number of ether oxygens (including phenoxy) is 1. The summed E-state index contributed by atoms with van der Waals surface area (Å²) in [4.78, 5) is 25.0. The Morgan fingerprint density at radius 2 is 2.15 bits per heavy atom. The minimum Gasteiger partial charge on any atom is -0.469 e. The van der Waals surface area contributed by atoms with Crippen LogP contribution in [0.25, 0.3) is 11.4 Å². The molecule has 0 fully saturated rings. The van der Waals surface area contributed by atoms with E-state index in [4.69, 9.17) is 9.15 Å². The Morgan fingerprint density at radius 1 is 1.37 bits per heavy atom. The third-order valence-corrected chi connectivity index (χ3v) is 5.77. The normalized spacial score (nSPS) is 10.8. The van der Waals surface area contributed by atoms with E-state index in [-0.39, 0.29) is 11.7 Å². The summed E-state index contributed by atoms with van der Waals surface area (Å²) >= 11 is 2.59. The molecule has 142 valence electrons. The highest BCUT2D eigenvalue weighted by Crippen LogP contribution is 2.29. The average molecular weight is 406 g/mol. The van der Waals surface area contributed by atoms with Gasteiger partial charge >= 0.3 is 5.97 Å². The van der Waals surface area contributed by atoms with Crippen molar-refractivity contribution in [2.24, 2.45) is 7.05 Å². The molecular formula is C17H18N4O4S2. The van der Waals surface area contributed by atoms with Crippen molar-refractivity contribution in [2.45, 2.75) is 19.0 Å². The monoisotopic (exact) mass is 406 g/mol. The SMILES string of the molecule is COC(=O)c1cc(C)sc1NC(=O)CSc1nnc(-c2ccoc2C)n1C. The Morgan fingerprint density at radius 3 is 2.81 bits per heavy atom. The van der Waals surface area contributed by atoms with Crippen molar-refractivity contribution >= 4 is 40.0 Å². The van der Waals surface area contributed by atoms with Crippen molar-refractivity contribution in [3.63, 3.8) is 0 Å². The maximum atomic E-state index is 12.3. The summed E-state index contributed by atoms with van der Waals surface area (Å²) in [6.07, 6.45) is 1.60. The van der Waals surface area contributed by atoms with Gasteiger partial charge in [0.15, 0.2) is 11.0 Å². The Kier molecular flexibility index (Phi) is 5.66. The Hall–Kier alpha value is -2.59. The number of hydrogen-bond donors (Lipinski definition) is 1. The van der Waals surface area contributed by atoms with Gasteiger partial charge in [-0.3, -0.25) is 4.79 Å². The first-order chi connectivity index (χ1) is 12.9. The number of furan rings is 1. The number of carbonyl (C=O) groups excluding carboxylic acids is 2. The fraction of sp³-hybridized carbons (Fsp3) is 0.294. The number of hydrogen-bond acceptors (Lipinski definition) is 8. The van der Waals surface area contributed by atoms with Crippen molar-refractivity contribution in [1.29, 1.82) is 0 Å². The number of thiophene rings is 1. The van der Waals surface area contributed by atoms with Gasteiger partial charge in [-0.2, -0.15) is 0 Å². The van der Waals surface area contributed by atoms with Gasteiger partial charge in [0.1, 0.15) is 10.8 Å². The van der Waals surface area contributed by atoms with E-state index in [2.05, 4.69) is 15.5 Å². The van der Waals surface area contributed by atoms with Crippen LogP contribution in [0.3, 0.4) is 0 Å². The van der Waals surface area contributed by atoms with Gasteiger partial charge in [0.25, 0.3) is 0 Å². The highest BCUT2D eigenvalue weighted by molar-refractivity contribution is 7.99. The summed E-state index contributed by atoms with van der Waals surface area (Å²) in [6.45, 7) is 3.71. The summed E-state index contributed by atoms with van der Waals surface area (Å²) in [5.74, 6) is 0.842. The van der Waals surface area contributed by atoms with E-state index in [1.165, 1.54) is 30.2 Å². The zero-order valence-corrected chi connectivity index (χ0v) is 16.9. The fourth-order valence-electron chi connectivity index (χ4n) is 2.45. The van der Waals surface area contributed by atoms with Crippen molar-refractivity contribution in [1.82, 2.24) is 14.8 Å². The molecule has 0 aliphatic heterocycles. The lowest BCUT2D eigenvalue weighted by Gasteiger charge is -2.05. The minimum atomic E-state index is -0.476. The number of rotatable bonds is 6. The quantitative estimate of drug-likeness (QED) is 0.495. The largest absolute Gasteiger partial charge is 0.469 e. The number of carbonyl (C=O) groups is 2. The van der Waals surface area contributed by atoms with Gasteiger partial charge in [0.2, 0.25) is 5.91 Å². The van der Waals surface area contributed by atoms with E-state index < -0.39 is 5.97 Å². The van der Waals surface area contributed by atoms with Crippen LogP contribution in [0.4, 0.5) is 5.00 Å². The van der Waals surface area contributed by atoms with Crippen LogP contribution in [0.15, 0.2) is 28.0 Å². The first-order valence-corrected chi connectivity index (χ1v) is 9.76. The third kappa shape index (κ3) is 4.06. The minimum absolute atomic E-state index is 0.133. The van der Waals surface area contributed by atoms with E-state index in [0.29, 0.717) is 21.5 Å². The fourth-order valence-corrected chi connectivity index (χ4v) is 4.08. The van der Waals surface area contributed by atoms with Crippen LogP contribution in [0.2, 0.25) is 0 Å². The van der Waals surface area contributed by atoms with Gasteiger partial charge in [-0.25, -0.2) is 4.79 Å². The van der Waals surface area contributed by atoms with Crippen molar-refractivity contribution in [3.8, 4) is 11.4 Å². The Balaban J connectivity index is 1.66. The maximum Gasteiger partial charge on any atom is 0.340 e. The second-order valence-corrected chi connectivity index (χ2v) is 7.88. The van der Waals surface area contributed by atoms with Crippen molar-refractivity contribution in [3.05, 3.63) is 34.6 Å². The lowest BCUT2D eigenvalue weighted by molar-refractivity contribution is -0.113. The maximum absolute atomic E-state index is 12.3. The summed E-state index contributed by atoms with van der Waals surface area (Å²) in [5.41, 5.74) is 1.22. The number of amides is 1. The zero-order chi connectivity index (χ0) is 19.6.